The molecule has 0 saturated heterocycles. The first-order valence-corrected chi connectivity index (χ1v) is 17.3. The number of carbonyl (C=O) groups is 1. The number of carbonyl (C=O) groups excluding carboxylic acids is 1. The Kier molecular flexibility index (Phi) is 8.20. The second kappa shape index (κ2) is 12.6. The molecule has 0 spiro atoms. The molecule has 47 heavy (non-hydrogen) atoms. The molecule has 1 saturated carbocycles. The average molecular weight is 654 g/mol. The molecule has 4 N–H and O–H groups in total. The third-order valence-electron chi connectivity index (χ3n) is 8.39. The number of benzene rings is 1. The van der Waals surface area contributed by atoms with Crippen LogP contribution in [0.3, 0.4) is 0 Å². The van der Waals surface area contributed by atoms with Crippen molar-refractivity contribution in [1.82, 2.24) is 39.8 Å². The number of hydrogen-bond donors (Lipinski definition) is 4. The van der Waals surface area contributed by atoms with Gasteiger partial charge in [0.05, 0.1) is 52.8 Å². The van der Waals surface area contributed by atoms with Crippen molar-refractivity contribution in [2.45, 2.75) is 45.1 Å². The number of hydrogen-bond acceptors (Lipinski definition) is 8. The van der Waals surface area contributed by atoms with E-state index in [4.69, 9.17) is 4.98 Å². The van der Waals surface area contributed by atoms with Gasteiger partial charge in [-0.2, -0.15) is 5.10 Å². The maximum Gasteiger partial charge on any atom is 0.224 e. The van der Waals surface area contributed by atoms with Crippen LogP contribution in [0, 0.1) is 11.7 Å². The molecule has 12 nitrogen and oxygen atoms in total. The summed E-state index contributed by atoms with van der Waals surface area (Å²) in [5.74, 6) is 0.385. The molecule has 1 amide bonds. The summed E-state index contributed by atoms with van der Waals surface area (Å²) >= 11 is 0. The van der Waals surface area contributed by atoms with Crippen molar-refractivity contribution in [1.29, 1.82) is 0 Å². The van der Waals surface area contributed by atoms with Crippen LogP contribution in [0.15, 0.2) is 61.3 Å². The van der Waals surface area contributed by atoms with Crippen LogP contribution in [-0.2, 0) is 21.4 Å². The summed E-state index contributed by atoms with van der Waals surface area (Å²) in [5.41, 5.74) is 5.93. The second-order valence-corrected chi connectivity index (χ2v) is 13.8. The number of imidazole rings is 1. The lowest BCUT2D eigenvalue weighted by Crippen LogP contribution is -2.21. The number of anilines is 1. The summed E-state index contributed by atoms with van der Waals surface area (Å²) in [6.45, 7) is -0.0558. The van der Waals surface area contributed by atoms with Crippen LogP contribution in [0.25, 0.3) is 55.8 Å². The van der Waals surface area contributed by atoms with Gasteiger partial charge >= 0.3 is 0 Å². The molecule has 0 atom stereocenters. The topological polar surface area (TPSA) is 171 Å². The minimum atomic E-state index is -3.46. The van der Waals surface area contributed by atoms with Gasteiger partial charge in [0.1, 0.15) is 11.5 Å². The Morgan fingerprint density at radius 3 is 2.62 bits per heavy atom. The first kappa shape index (κ1) is 30.6. The molecule has 0 radical (unpaired) electrons. The molecule has 5 heterocycles. The van der Waals surface area contributed by atoms with Crippen molar-refractivity contribution in [3.8, 4) is 33.9 Å². The predicted octanol–water partition coefficient (Wildman–Crippen LogP) is 5.72. The van der Waals surface area contributed by atoms with Gasteiger partial charge in [-0.15, -0.1) is 0 Å². The number of sulfonamides is 1. The van der Waals surface area contributed by atoms with Gasteiger partial charge in [-0.3, -0.25) is 24.8 Å². The van der Waals surface area contributed by atoms with Gasteiger partial charge < -0.3 is 10.3 Å². The van der Waals surface area contributed by atoms with Gasteiger partial charge in [-0.05, 0) is 60.2 Å². The van der Waals surface area contributed by atoms with Crippen molar-refractivity contribution in [2.24, 2.45) is 5.92 Å². The summed E-state index contributed by atoms with van der Waals surface area (Å²) in [5, 5.41) is 11.3. The molecule has 240 valence electrons. The van der Waals surface area contributed by atoms with E-state index in [-0.39, 0.29) is 12.5 Å². The van der Waals surface area contributed by atoms with E-state index >= 15 is 0 Å². The minimum absolute atomic E-state index is 0.00448. The maximum atomic E-state index is 14.6. The lowest BCUT2D eigenvalue weighted by atomic mass is 9.87. The highest BCUT2D eigenvalue weighted by molar-refractivity contribution is 7.88. The Balaban J connectivity index is 1.18. The highest BCUT2D eigenvalue weighted by atomic mass is 32.2. The Bertz CT molecular complexity index is 2230. The Hall–Kier alpha value is -5.08. The molecule has 1 aliphatic carbocycles. The van der Waals surface area contributed by atoms with E-state index < -0.39 is 15.8 Å². The molecule has 1 fully saturated rings. The Morgan fingerprint density at radius 2 is 1.79 bits per heavy atom. The van der Waals surface area contributed by atoms with E-state index in [1.165, 1.54) is 31.4 Å². The number of rotatable bonds is 9. The first-order valence-electron chi connectivity index (χ1n) is 15.4. The van der Waals surface area contributed by atoms with Gasteiger partial charge in [0.2, 0.25) is 15.9 Å². The largest absolute Gasteiger partial charge is 0.335 e. The molecule has 7 rings (SSSR count). The van der Waals surface area contributed by atoms with Crippen LogP contribution >= 0.6 is 0 Å². The zero-order valence-electron chi connectivity index (χ0n) is 25.5. The van der Waals surface area contributed by atoms with Gasteiger partial charge in [0, 0.05) is 41.9 Å². The number of aromatic nitrogens is 7. The lowest BCUT2D eigenvalue weighted by molar-refractivity contribution is -0.117. The molecule has 1 aromatic carbocycles. The fourth-order valence-electron chi connectivity index (χ4n) is 6.15. The molecule has 14 heteroatoms. The van der Waals surface area contributed by atoms with Crippen molar-refractivity contribution in [3.63, 3.8) is 0 Å². The van der Waals surface area contributed by atoms with Gasteiger partial charge in [-0.25, -0.2) is 22.5 Å². The summed E-state index contributed by atoms with van der Waals surface area (Å²) in [6, 6.07) is 8.09. The number of nitrogens with zero attached hydrogens (tertiary/aromatic N) is 5. The Morgan fingerprint density at radius 1 is 0.957 bits per heavy atom. The molecule has 0 aliphatic heterocycles. The highest BCUT2D eigenvalue weighted by Crippen LogP contribution is 2.33. The van der Waals surface area contributed by atoms with Crippen LogP contribution in [0.1, 0.15) is 44.1 Å². The number of H-pyrrole nitrogens is 2. The third-order valence-corrected chi connectivity index (χ3v) is 9.06. The quantitative estimate of drug-likeness (QED) is 0.153. The average Bonchev–Trinajstić information content (AvgIpc) is 3.68. The van der Waals surface area contributed by atoms with Crippen molar-refractivity contribution in [2.75, 3.05) is 11.6 Å². The number of aromatic amines is 2. The zero-order valence-corrected chi connectivity index (χ0v) is 26.4. The van der Waals surface area contributed by atoms with Crippen molar-refractivity contribution in [3.05, 3.63) is 72.7 Å². The normalized spacial score (nSPS) is 14.2. The smallest absolute Gasteiger partial charge is 0.224 e. The van der Waals surface area contributed by atoms with E-state index in [1.807, 2.05) is 12.1 Å². The van der Waals surface area contributed by atoms with Crippen LogP contribution < -0.4 is 10.0 Å². The van der Waals surface area contributed by atoms with E-state index in [0.717, 1.165) is 30.0 Å². The molecule has 6 aromatic rings. The van der Waals surface area contributed by atoms with E-state index in [1.54, 1.807) is 37.1 Å². The van der Waals surface area contributed by atoms with Crippen LogP contribution in [0.2, 0.25) is 0 Å². The van der Waals surface area contributed by atoms with Crippen LogP contribution in [-0.4, -0.2) is 55.7 Å². The monoisotopic (exact) mass is 653 g/mol. The van der Waals surface area contributed by atoms with Gasteiger partial charge in [0.25, 0.3) is 0 Å². The van der Waals surface area contributed by atoms with Crippen LogP contribution in [0.5, 0.6) is 0 Å². The number of amides is 1. The zero-order chi connectivity index (χ0) is 32.5. The number of pyridine rings is 3. The standard InChI is InChI=1S/C33H32FN9O3S/c1-47(45,46)38-13-20-7-21(10-23(34)8-20)26-16-36-17-29-31(26)41-33(40-29)32-25-12-27(37-18-28(25)42-43-32)22-11-24(15-35-14-22)39-30(44)9-19-5-3-2-4-6-19/h7-8,10-12,14-19,38H,2-6,9,13H2,1H3,(H,39,44)(H,40,41)(H,42,43). The number of fused-ring (bicyclic) bond motifs is 2. The molecular weight excluding hydrogens is 621 g/mol. The summed E-state index contributed by atoms with van der Waals surface area (Å²) < 4.78 is 40.2. The maximum absolute atomic E-state index is 14.6. The summed E-state index contributed by atoms with van der Waals surface area (Å²) in [7, 11) is -3.46. The van der Waals surface area contributed by atoms with Gasteiger partial charge in [0.15, 0.2) is 5.82 Å². The van der Waals surface area contributed by atoms with E-state index in [0.29, 0.717) is 68.5 Å². The highest BCUT2D eigenvalue weighted by Gasteiger charge is 2.19. The number of nitrogens with one attached hydrogen (secondary N) is 4. The fraction of sp³-hybridized carbons (Fsp3) is 0.273. The second-order valence-electron chi connectivity index (χ2n) is 12.0. The van der Waals surface area contributed by atoms with Crippen molar-refractivity contribution >= 4 is 43.6 Å². The molecule has 0 bridgehead atoms. The van der Waals surface area contributed by atoms with Crippen LogP contribution in [0.4, 0.5) is 10.1 Å². The molecule has 0 unspecified atom stereocenters. The first-order chi connectivity index (χ1) is 22.7. The summed E-state index contributed by atoms with van der Waals surface area (Å²) in [6.07, 6.45) is 15.6. The SMILES string of the molecule is CS(=O)(=O)NCc1cc(F)cc(-c2cncc3[nH]c(-c4n[nH]c5cnc(-c6cncc(NC(=O)CC7CCCCC7)c6)cc45)nc23)c1. The summed E-state index contributed by atoms with van der Waals surface area (Å²) in [4.78, 5) is 34.1. The van der Waals surface area contributed by atoms with E-state index in [2.05, 4.69) is 40.2 Å². The number of halogens is 1. The molecule has 5 aromatic heterocycles. The fourth-order valence-corrected chi connectivity index (χ4v) is 6.58. The predicted molar refractivity (Wildman–Crippen MR) is 177 cm³/mol. The van der Waals surface area contributed by atoms with E-state index in [9.17, 15) is 17.6 Å². The van der Waals surface area contributed by atoms with Gasteiger partial charge in [-0.1, -0.05) is 19.3 Å². The minimum Gasteiger partial charge on any atom is -0.335 e. The Labute approximate surface area is 269 Å². The lowest BCUT2D eigenvalue weighted by Gasteiger charge is -2.20. The van der Waals surface area contributed by atoms with Crippen molar-refractivity contribution < 1.29 is 17.6 Å². The molecular formula is C33H32FN9O3S. The third kappa shape index (κ3) is 6.88. The molecule has 1 aliphatic rings.